The number of likely N-dealkylation sites (tertiary alicyclic amines) is 1. The number of nitrogens with zero attached hydrogens (tertiary/aromatic N) is 6. The van der Waals surface area contributed by atoms with Gasteiger partial charge in [0.15, 0.2) is 0 Å². The second-order valence-corrected chi connectivity index (χ2v) is 16.9. The number of imide groups is 2. The third-order valence-electron chi connectivity index (χ3n) is 13.6. The second kappa shape index (κ2) is 14.1. The average Bonchev–Trinajstić information content (AvgIpc) is 3.85. The highest BCUT2D eigenvalue weighted by atomic mass is 19.1. The van der Waals surface area contributed by atoms with Gasteiger partial charge >= 0.3 is 0 Å². The van der Waals surface area contributed by atoms with Gasteiger partial charge in [0.25, 0.3) is 17.7 Å². The minimum atomic E-state index is -0.980. The molecule has 6 heterocycles. The molecule has 12 nitrogen and oxygen atoms in total. The van der Waals surface area contributed by atoms with Crippen LogP contribution in [0, 0.1) is 24.7 Å². The second-order valence-electron chi connectivity index (χ2n) is 16.9. The number of carbonyl (C=O) groups excluding carboxylic acids is 5. The molecular formula is C44H46FN7O5. The summed E-state index contributed by atoms with van der Waals surface area (Å²) in [6, 6.07) is 14.7. The molecule has 3 aromatic carbocycles. The molecule has 0 radical (unpaired) electrons. The minimum Gasteiger partial charge on any atom is -0.371 e. The van der Waals surface area contributed by atoms with Crippen LogP contribution in [0.1, 0.15) is 99.6 Å². The van der Waals surface area contributed by atoms with Gasteiger partial charge in [-0.15, -0.1) is 0 Å². The molecule has 57 heavy (non-hydrogen) atoms. The maximum atomic E-state index is 14.8. The van der Waals surface area contributed by atoms with Gasteiger partial charge in [-0.1, -0.05) is 6.07 Å². The van der Waals surface area contributed by atoms with Crippen molar-refractivity contribution < 1.29 is 28.4 Å². The van der Waals surface area contributed by atoms with E-state index in [2.05, 4.69) is 43.9 Å². The standard InChI is InChI=1S/C44H46FN7O5/c1-26-22-44(25-51(26)36-9-8-35(46-3)39(45)27(36)2)14-18-48(19-15-44)31-6-4-28(5-7-31)41(55)49-16-12-32(13-17-49)50-23-29-20-33-34(21-30(29)24-50)43(57)52(42(33)56)37-10-11-38(53)47-40(37)54/h4-9,20-21,26,32,37H,10-19,22-25H2,1-2H3,(H,47,53,54)/t26-,37?/m0/s1. The number of benzene rings is 3. The van der Waals surface area contributed by atoms with Gasteiger partial charge < -0.3 is 14.7 Å². The van der Waals surface area contributed by atoms with Crippen molar-refractivity contribution in [3.63, 3.8) is 0 Å². The molecule has 3 aromatic rings. The van der Waals surface area contributed by atoms with E-state index in [1.165, 1.54) is 0 Å². The van der Waals surface area contributed by atoms with Crippen molar-refractivity contribution in [2.24, 2.45) is 5.41 Å². The fourth-order valence-corrected chi connectivity index (χ4v) is 10.4. The summed E-state index contributed by atoms with van der Waals surface area (Å²) in [6.45, 7) is 16.5. The van der Waals surface area contributed by atoms with E-state index in [9.17, 15) is 28.4 Å². The molecule has 1 unspecified atom stereocenters. The SMILES string of the molecule is [C-]#[N+]c1ccc(N2CC3(CCN(c4ccc(C(=O)N5CCC(N6Cc7cc8c(cc7C6)C(=O)N(C6CCC(=O)NC6=O)C8=O)CC5)cc4)CC3)C[C@@H]2C)c(C)c1F. The van der Waals surface area contributed by atoms with Crippen molar-refractivity contribution in [1.82, 2.24) is 20.0 Å². The quantitative estimate of drug-likeness (QED) is 0.264. The van der Waals surface area contributed by atoms with Crippen molar-refractivity contribution in [2.45, 2.75) is 90.0 Å². The summed E-state index contributed by atoms with van der Waals surface area (Å²) in [5.74, 6) is -2.37. The number of hydrogen-bond acceptors (Lipinski definition) is 8. The molecule has 0 saturated carbocycles. The lowest BCUT2D eigenvalue weighted by Crippen LogP contribution is -2.54. The lowest BCUT2D eigenvalue weighted by atomic mass is 9.76. The van der Waals surface area contributed by atoms with Crippen molar-refractivity contribution in [2.75, 3.05) is 42.5 Å². The molecule has 6 aliphatic rings. The van der Waals surface area contributed by atoms with Gasteiger partial charge in [-0.05, 0) is 117 Å². The molecular weight excluding hydrogens is 726 g/mol. The number of rotatable bonds is 5. The summed E-state index contributed by atoms with van der Waals surface area (Å²) in [4.78, 5) is 77.8. The highest BCUT2D eigenvalue weighted by Crippen LogP contribution is 2.47. The molecule has 0 bridgehead atoms. The van der Waals surface area contributed by atoms with E-state index in [4.69, 9.17) is 6.57 Å². The summed E-state index contributed by atoms with van der Waals surface area (Å²) in [6.07, 6.45) is 4.99. The van der Waals surface area contributed by atoms with Gasteiger partial charge in [0.2, 0.25) is 17.5 Å². The molecule has 4 saturated heterocycles. The van der Waals surface area contributed by atoms with E-state index in [0.29, 0.717) is 48.4 Å². The lowest BCUT2D eigenvalue weighted by molar-refractivity contribution is -0.136. The topological polar surface area (TPSA) is 118 Å². The Labute approximate surface area is 331 Å². The van der Waals surface area contributed by atoms with Crippen LogP contribution in [0.4, 0.5) is 21.5 Å². The zero-order valence-corrected chi connectivity index (χ0v) is 32.4. The molecule has 0 aliphatic carbocycles. The number of anilines is 2. The number of halogens is 1. The molecule has 294 valence electrons. The van der Waals surface area contributed by atoms with Gasteiger partial charge in [0.05, 0.1) is 17.7 Å². The monoisotopic (exact) mass is 771 g/mol. The van der Waals surface area contributed by atoms with Gasteiger partial charge in [-0.25, -0.2) is 9.24 Å². The van der Waals surface area contributed by atoms with E-state index >= 15 is 0 Å². The smallest absolute Gasteiger partial charge is 0.262 e. The first kappa shape index (κ1) is 37.0. The summed E-state index contributed by atoms with van der Waals surface area (Å²) in [5, 5.41) is 2.24. The van der Waals surface area contributed by atoms with E-state index in [1.807, 2.05) is 23.1 Å². The van der Waals surface area contributed by atoms with Crippen LogP contribution in [-0.2, 0) is 22.7 Å². The van der Waals surface area contributed by atoms with Crippen molar-refractivity contribution >= 4 is 46.6 Å². The normalized spacial score (nSPS) is 23.6. The summed E-state index contributed by atoms with van der Waals surface area (Å²) < 4.78 is 14.8. The van der Waals surface area contributed by atoms with Crippen LogP contribution >= 0.6 is 0 Å². The molecule has 0 aromatic heterocycles. The molecule has 6 aliphatic heterocycles. The van der Waals surface area contributed by atoms with Crippen molar-refractivity contribution in [1.29, 1.82) is 0 Å². The van der Waals surface area contributed by atoms with Crippen LogP contribution in [0.15, 0.2) is 48.5 Å². The number of piperidine rings is 3. The summed E-state index contributed by atoms with van der Waals surface area (Å²) in [5.41, 5.74) is 6.09. The highest BCUT2D eigenvalue weighted by molar-refractivity contribution is 6.23. The number of amides is 5. The van der Waals surface area contributed by atoms with Crippen LogP contribution in [0.2, 0.25) is 0 Å². The Kier molecular flexibility index (Phi) is 9.15. The van der Waals surface area contributed by atoms with Gasteiger partial charge in [0.1, 0.15) is 11.9 Å². The minimum absolute atomic E-state index is 0.0347. The number of hydrogen-bond donors (Lipinski definition) is 1. The number of carbonyl (C=O) groups is 5. The Morgan fingerprint density at radius 3 is 2.16 bits per heavy atom. The van der Waals surface area contributed by atoms with Crippen molar-refractivity contribution in [3.05, 3.63) is 99.1 Å². The summed E-state index contributed by atoms with van der Waals surface area (Å²) in [7, 11) is 0. The Bertz CT molecular complexity index is 2210. The zero-order chi connectivity index (χ0) is 39.7. The molecule has 2 atom stereocenters. The molecule has 1 spiro atoms. The van der Waals surface area contributed by atoms with Crippen LogP contribution in [-0.4, -0.2) is 95.1 Å². The van der Waals surface area contributed by atoms with Gasteiger partial charge in [0, 0.05) is 81.3 Å². The average molecular weight is 772 g/mol. The van der Waals surface area contributed by atoms with Crippen LogP contribution in [0.5, 0.6) is 0 Å². The Morgan fingerprint density at radius 1 is 0.895 bits per heavy atom. The Morgan fingerprint density at radius 2 is 1.54 bits per heavy atom. The highest BCUT2D eigenvalue weighted by Gasteiger charge is 2.47. The third kappa shape index (κ3) is 6.34. The Hall–Kier alpha value is -5.61. The molecule has 13 heteroatoms. The lowest BCUT2D eigenvalue weighted by Gasteiger charge is -2.40. The molecule has 9 rings (SSSR count). The van der Waals surface area contributed by atoms with E-state index in [-0.39, 0.29) is 41.9 Å². The molecule has 1 N–H and O–H groups in total. The number of nitrogens with one attached hydrogen (secondary N) is 1. The van der Waals surface area contributed by atoms with Crippen LogP contribution in [0.25, 0.3) is 4.85 Å². The van der Waals surface area contributed by atoms with Crippen LogP contribution < -0.4 is 15.1 Å². The van der Waals surface area contributed by atoms with Crippen molar-refractivity contribution in [3.8, 4) is 0 Å². The maximum absolute atomic E-state index is 14.8. The third-order valence-corrected chi connectivity index (χ3v) is 13.6. The van der Waals surface area contributed by atoms with Gasteiger partial charge in [-0.3, -0.25) is 39.1 Å². The Balaban J connectivity index is 0.769. The van der Waals surface area contributed by atoms with Gasteiger partial charge in [-0.2, -0.15) is 0 Å². The predicted octanol–water partition coefficient (Wildman–Crippen LogP) is 5.59. The fourth-order valence-electron chi connectivity index (χ4n) is 10.4. The summed E-state index contributed by atoms with van der Waals surface area (Å²) >= 11 is 0. The van der Waals surface area contributed by atoms with E-state index in [0.717, 1.165) is 79.1 Å². The molecule has 5 amide bonds. The van der Waals surface area contributed by atoms with Crippen LogP contribution in [0.3, 0.4) is 0 Å². The largest absolute Gasteiger partial charge is 0.371 e. The first-order chi connectivity index (χ1) is 27.4. The first-order valence-corrected chi connectivity index (χ1v) is 20.1. The zero-order valence-electron chi connectivity index (χ0n) is 32.4. The van der Waals surface area contributed by atoms with E-state index in [1.54, 1.807) is 25.1 Å². The fraction of sp³-hybridized carbons (Fsp3) is 0.455. The molecule has 4 fully saturated rings. The predicted molar refractivity (Wildman–Crippen MR) is 210 cm³/mol. The van der Waals surface area contributed by atoms with E-state index < -0.39 is 35.5 Å². The maximum Gasteiger partial charge on any atom is 0.262 e. The number of fused-ring (bicyclic) bond motifs is 2. The first-order valence-electron chi connectivity index (χ1n) is 20.1.